The molecule has 0 spiro atoms. The fourth-order valence-corrected chi connectivity index (χ4v) is 2.87. The molecule has 0 radical (unpaired) electrons. The van der Waals surface area contributed by atoms with Crippen molar-refractivity contribution in [2.75, 3.05) is 0 Å². The molecule has 3 aromatic rings. The van der Waals surface area contributed by atoms with Crippen LogP contribution < -0.4 is 0 Å². The van der Waals surface area contributed by atoms with Crippen LogP contribution in [0.3, 0.4) is 0 Å². The molecule has 0 bridgehead atoms. The van der Waals surface area contributed by atoms with Gasteiger partial charge in [0.15, 0.2) is 0 Å². The van der Waals surface area contributed by atoms with Crippen LogP contribution in [0.5, 0.6) is 0 Å². The summed E-state index contributed by atoms with van der Waals surface area (Å²) in [4.78, 5) is 0. The molecule has 0 heterocycles. The maximum Gasteiger partial charge on any atom is 0.0136 e. The van der Waals surface area contributed by atoms with Crippen LogP contribution in [0, 0.1) is 3.57 Å². The average Bonchev–Trinajstić information content (AvgIpc) is 2.54. The van der Waals surface area contributed by atoms with Crippen molar-refractivity contribution in [3.8, 4) is 0 Å². The lowest BCUT2D eigenvalue weighted by atomic mass is 9.96. The van der Waals surface area contributed by atoms with Gasteiger partial charge in [0.1, 0.15) is 0 Å². The third kappa shape index (κ3) is 3.61. The summed E-state index contributed by atoms with van der Waals surface area (Å²) in [6.45, 7) is 0. The molecule has 21 heavy (non-hydrogen) atoms. The molecule has 0 amide bonds. The minimum absolute atomic E-state index is 1.22. The SMILES string of the molecule is Ic1cccc(/C(=C/c2ccccc2)c2ccccc2)c1. The van der Waals surface area contributed by atoms with Crippen LogP contribution in [-0.4, -0.2) is 0 Å². The molecule has 0 fully saturated rings. The molecule has 0 N–H and O–H groups in total. The van der Waals surface area contributed by atoms with E-state index < -0.39 is 0 Å². The van der Waals surface area contributed by atoms with E-state index in [1.54, 1.807) is 0 Å². The van der Waals surface area contributed by atoms with Crippen LogP contribution in [-0.2, 0) is 0 Å². The molecular weight excluding hydrogens is 367 g/mol. The average molecular weight is 382 g/mol. The van der Waals surface area contributed by atoms with E-state index in [1.807, 2.05) is 6.07 Å². The molecule has 3 rings (SSSR count). The zero-order valence-electron chi connectivity index (χ0n) is 11.5. The Labute approximate surface area is 139 Å². The van der Waals surface area contributed by atoms with Gasteiger partial charge in [-0.25, -0.2) is 0 Å². The summed E-state index contributed by atoms with van der Waals surface area (Å²) in [7, 11) is 0. The van der Waals surface area contributed by atoms with Gasteiger partial charge in [0.05, 0.1) is 0 Å². The molecule has 0 aliphatic heterocycles. The highest BCUT2D eigenvalue weighted by Crippen LogP contribution is 2.27. The Morgan fingerprint density at radius 2 is 1.29 bits per heavy atom. The smallest absolute Gasteiger partial charge is 0.0136 e. The van der Waals surface area contributed by atoms with Crippen LogP contribution in [0.15, 0.2) is 84.9 Å². The van der Waals surface area contributed by atoms with Crippen LogP contribution in [0.4, 0.5) is 0 Å². The van der Waals surface area contributed by atoms with Gasteiger partial charge in [0.25, 0.3) is 0 Å². The fourth-order valence-electron chi connectivity index (χ4n) is 2.32. The van der Waals surface area contributed by atoms with Gasteiger partial charge in [0, 0.05) is 3.57 Å². The molecule has 102 valence electrons. The molecule has 3 aromatic carbocycles. The van der Waals surface area contributed by atoms with Crippen molar-refractivity contribution in [3.63, 3.8) is 0 Å². The Bertz CT molecular complexity index is 743. The first kappa shape index (κ1) is 14.1. The normalized spacial score (nSPS) is 11.4. The molecular formula is C20H15I. The number of hydrogen-bond donors (Lipinski definition) is 0. The fraction of sp³-hybridized carbons (Fsp3) is 0. The molecule has 0 nitrogen and oxygen atoms in total. The quantitative estimate of drug-likeness (QED) is 0.392. The molecule has 0 aliphatic rings. The van der Waals surface area contributed by atoms with Crippen molar-refractivity contribution in [2.24, 2.45) is 0 Å². The monoisotopic (exact) mass is 382 g/mol. The van der Waals surface area contributed by atoms with Crippen LogP contribution in [0.2, 0.25) is 0 Å². The predicted molar refractivity (Wildman–Crippen MR) is 99.0 cm³/mol. The maximum atomic E-state index is 2.36. The van der Waals surface area contributed by atoms with Crippen LogP contribution >= 0.6 is 22.6 Å². The van der Waals surface area contributed by atoms with E-state index in [-0.39, 0.29) is 0 Å². The Hall–Kier alpha value is -1.87. The number of hydrogen-bond acceptors (Lipinski definition) is 0. The first-order chi connectivity index (χ1) is 10.3. The summed E-state index contributed by atoms with van der Waals surface area (Å²) >= 11 is 2.36. The Morgan fingerprint density at radius 1 is 0.667 bits per heavy atom. The van der Waals surface area contributed by atoms with Gasteiger partial charge < -0.3 is 0 Å². The summed E-state index contributed by atoms with van der Waals surface area (Å²) in [5, 5.41) is 0. The first-order valence-electron chi connectivity index (χ1n) is 6.91. The van der Waals surface area contributed by atoms with Crippen molar-refractivity contribution in [3.05, 3.63) is 105 Å². The van der Waals surface area contributed by atoms with Gasteiger partial charge in [-0.3, -0.25) is 0 Å². The zero-order chi connectivity index (χ0) is 14.5. The molecule has 0 atom stereocenters. The van der Waals surface area contributed by atoms with Gasteiger partial charge >= 0.3 is 0 Å². The maximum absolute atomic E-state index is 2.36. The second-order valence-corrected chi connectivity index (χ2v) is 6.09. The van der Waals surface area contributed by atoms with Crippen LogP contribution in [0.25, 0.3) is 11.6 Å². The van der Waals surface area contributed by atoms with Gasteiger partial charge in [-0.05, 0) is 63.1 Å². The first-order valence-corrected chi connectivity index (χ1v) is 7.99. The molecule has 1 heteroatoms. The van der Waals surface area contributed by atoms with E-state index >= 15 is 0 Å². The Morgan fingerprint density at radius 3 is 1.95 bits per heavy atom. The lowest BCUT2D eigenvalue weighted by Crippen LogP contribution is -1.89. The second kappa shape index (κ2) is 6.72. The van der Waals surface area contributed by atoms with E-state index in [2.05, 4.69) is 108 Å². The predicted octanol–water partition coefficient (Wildman–Crippen LogP) is 5.88. The highest BCUT2D eigenvalue weighted by molar-refractivity contribution is 14.1. The Kier molecular flexibility index (Phi) is 4.51. The van der Waals surface area contributed by atoms with Crippen molar-refractivity contribution in [1.82, 2.24) is 0 Å². The second-order valence-electron chi connectivity index (χ2n) is 4.85. The lowest BCUT2D eigenvalue weighted by Gasteiger charge is -2.09. The molecule has 0 unspecified atom stereocenters. The van der Waals surface area contributed by atoms with E-state index in [0.717, 1.165) is 0 Å². The van der Waals surface area contributed by atoms with Crippen LogP contribution in [0.1, 0.15) is 16.7 Å². The van der Waals surface area contributed by atoms with Gasteiger partial charge in [-0.15, -0.1) is 0 Å². The van der Waals surface area contributed by atoms with E-state index in [0.29, 0.717) is 0 Å². The highest BCUT2D eigenvalue weighted by atomic mass is 127. The Balaban J connectivity index is 2.14. The number of rotatable bonds is 3. The van der Waals surface area contributed by atoms with Gasteiger partial charge in [-0.2, -0.15) is 0 Å². The zero-order valence-corrected chi connectivity index (χ0v) is 13.7. The van der Waals surface area contributed by atoms with Crippen molar-refractivity contribution < 1.29 is 0 Å². The van der Waals surface area contributed by atoms with Crippen molar-refractivity contribution in [2.45, 2.75) is 0 Å². The standard InChI is InChI=1S/C20H15I/c21-19-13-7-12-18(15-19)20(17-10-5-2-6-11-17)14-16-8-3-1-4-9-16/h1-15H/b20-14+. The molecule has 0 aliphatic carbocycles. The minimum atomic E-state index is 1.22. The highest BCUT2D eigenvalue weighted by Gasteiger charge is 2.05. The molecule has 0 saturated heterocycles. The largest absolute Gasteiger partial charge is 0.0622 e. The lowest BCUT2D eigenvalue weighted by molar-refractivity contribution is 1.53. The summed E-state index contributed by atoms with van der Waals surface area (Å²) < 4.78 is 1.25. The molecule has 0 aromatic heterocycles. The van der Waals surface area contributed by atoms with E-state index in [4.69, 9.17) is 0 Å². The topological polar surface area (TPSA) is 0 Å². The molecule has 0 saturated carbocycles. The third-order valence-electron chi connectivity index (χ3n) is 3.33. The van der Waals surface area contributed by atoms with E-state index in [1.165, 1.54) is 25.8 Å². The summed E-state index contributed by atoms with van der Waals surface area (Å²) in [5.41, 5.74) is 4.95. The van der Waals surface area contributed by atoms with Crippen molar-refractivity contribution in [1.29, 1.82) is 0 Å². The van der Waals surface area contributed by atoms with Crippen molar-refractivity contribution >= 4 is 34.2 Å². The van der Waals surface area contributed by atoms with Gasteiger partial charge in [-0.1, -0.05) is 72.8 Å². The third-order valence-corrected chi connectivity index (χ3v) is 4.00. The minimum Gasteiger partial charge on any atom is -0.0622 e. The summed E-state index contributed by atoms with van der Waals surface area (Å²) in [6.07, 6.45) is 2.25. The van der Waals surface area contributed by atoms with E-state index in [9.17, 15) is 0 Å². The number of halogens is 1. The summed E-state index contributed by atoms with van der Waals surface area (Å²) in [5.74, 6) is 0. The number of benzene rings is 3. The van der Waals surface area contributed by atoms with Gasteiger partial charge in [0.2, 0.25) is 0 Å². The summed E-state index contributed by atoms with van der Waals surface area (Å²) in [6, 6.07) is 29.6.